The molecule has 1 spiro atoms. The van der Waals surface area contributed by atoms with Crippen molar-refractivity contribution < 1.29 is 0 Å². The van der Waals surface area contributed by atoms with E-state index in [4.69, 9.17) is 0 Å². The minimum atomic E-state index is -0.397. The fourth-order valence-corrected chi connectivity index (χ4v) is 8.55. The number of benzene rings is 7. The zero-order valence-electron chi connectivity index (χ0n) is 26.6. The van der Waals surface area contributed by atoms with Crippen LogP contribution in [0.25, 0.3) is 44.2 Å². The van der Waals surface area contributed by atoms with Gasteiger partial charge in [0.1, 0.15) is 0 Å². The summed E-state index contributed by atoms with van der Waals surface area (Å²) in [5.41, 5.74) is 16.2. The van der Waals surface area contributed by atoms with Gasteiger partial charge in [0.25, 0.3) is 0 Å². The van der Waals surface area contributed by atoms with Crippen molar-refractivity contribution in [3.05, 3.63) is 198 Å². The molecule has 1 heterocycles. The first-order chi connectivity index (χ1) is 23.7. The molecule has 0 amide bonds. The van der Waals surface area contributed by atoms with Crippen LogP contribution in [0.1, 0.15) is 22.3 Å². The van der Waals surface area contributed by atoms with E-state index in [1.54, 1.807) is 0 Å². The molecule has 1 aromatic heterocycles. The van der Waals surface area contributed by atoms with Gasteiger partial charge < -0.3 is 9.47 Å². The molecule has 48 heavy (non-hydrogen) atoms. The summed E-state index contributed by atoms with van der Waals surface area (Å²) in [6.45, 7) is 0. The highest BCUT2D eigenvalue weighted by Crippen LogP contribution is 2.64. The number of hydrogen-bond donors (Lipinski definition) is 0. The van der Waals surface area contributed by atoms with E-state index in [-0.39, 0.29) is 0 Å². The topological polar surface area (TPSA) is 8.17 Å². The zero-order chi connectivity index (χ0) is 31.8. The van der Waals surface area contributed by atoms with Gasteiger partial charge in [-0.15, -0.1) is 0 Å². The fourth-order valence-electron chi connectivity index (χ4n) is 8.55. The molecule has 0 unspecified atom stereocenters. The molecule has 0 saturated heterocycles. The highest BCUT2D eigenvalue weighted by Gasteiger charge is 2.52. The normalized spacial score (nSPS) is 13.3. The third-order valence-electron chi connectivity index (χ3n) is 10.5. The lowest BCUT2D eigenvalue weighted by Gasteiger charge is -2.32. The molecule has 7 aromatic carbocycles. The molecule has 226 valence electrons. The minimum absolute atomic E-state index is 0.397. The molecular formula is C46H32N2. The summed E-state index contributed by atoms with van der Waals surface area (Å²) >= 11 is 0. The third kappa shape index (κ3) is 3.69. The molecular weight excluding hydrogens is 581 g/mol. The van der Waals surface area contributed by atoms with Gasteiger partial charge in [-0.3, -0.25) is 0 Å². The van der Waals surface area contributed by atoms with E-state index in [1.807, 2.05) is 0 Å². The van der Waals surface area contributed by atoms with Gasteiger partial charge in [-0.2, -0.15) is 0 Å². The van der Waals surface area contributed by atoms with Crippen LogP contribution in [0.4, 0.5) is 17.1 Å². The first-order valence-electron chi connectivity index (χ1n) is 16.7. The van der Waals surface area contributed by atoms with Crippen molar-refractivity contribution >= 4 is 27.8 Å². The van der Waals surface area contributed by atoms with Crippen LogP contribution in [-0.4, -0.2) is 4.57 Å². The van der Waals surface area contributed by atoms with Crippen molar-refractivity contribution in [1.29, 1.82) is 0 Å². The smallest absolute Gasteiger partial charge is 0.0731 e. The average molecular weight is 613 g/mol. The number of aryl methyl sites for hydroxylation is 1. The Morgan fingerprint density at radius 1 is 0.458 bits per heavy atom. The molecule has 0 N–H and O–H groups in total. The zero-order valence-corrected chi connectivity index (χ0v) is 26.6. The van der Waals surface area contributed by atoms with E-state index in [0.29, 0.717) is 0 Å². The van der Waals surface area contributed by atoms with Gasteiger partial charge in [0.2, 0.25) is 0 Å². The maximum absolute atomic E-state index is 2.43. The van der Waals surface area contributed by atoms with Gasteiger partial charge in [0.05, 0.1) is 5.41 Å². The Kier molecular flexibility index (Phi) is 5.74. The second-order valence-electron chi connectivity index (χ2n) is 13.1. The number of fused-ring (bicyclic) bond motifs is 12. The lowest BCUT2D eigenvalue weighted by Crippen LogP contribution is -2.26. The van der Waals surface area contributed by atoms with Crippen LogP contribution in [-0.2, 0) is 12.5 Å². The van der Waals surface area contributed by atoms with Gasteiger partial charge >= 0.3 is 0 Å². The molecule has 10 rings (SSSR count). The summed E-state index contributed by atoms with van der Waals surface area (Å²) in [5, 5.41) is 2.54. The van der Waals surface area contributed by atoms with Gasteiger partial charge in [-0.25, -0.2) is 0 Å². The second kappa shape index (κ2) is 10.2. The van der Waals surface area contributed by atoms with Crippen LogP contribution < -0.4 is 4.90 Å². The Bertz CT molecular complexity index is 2460. The van der Waals surface area contributed by atoms with Crippen molar-refractivity contribution in [3.63, 3.8) is 0 Å². The Morgan fingerprint density at radius 3 is 1.62 bits per heavy atom. The summed E-state index contributed by atoms with van der Waals surface area (Å²) < 4.78 is 2.10. The SMILES string of the molecule is Cn1ccc(-c2ccc(N(c3ccccc3)c3ccc4ccc5c(c4c3)C3(c4ccccc4-c4ccccc43)c3ccccc3-5)cc2)c1. The van der Waals surface area contributed by atoms with Gasteiger partial charge in [0.15, 0.2) is 0 Å². The van der Waals surface area contributed by atoms with Crippen molar-refractivity contribution in [1.82, 2.24) is 4.57 Å². The maximum atomic E-state index is 2.43. The Morgan fingerprint density at radius 2 is 1.00 bits per heavy atom. The lowest BCUT2D eigenvalue weighted by molar-refractivity contribution is 0.801. The summed E-state index contributed by atoms with van der Waals surface area (Å²) in [5.74, 6) is 0. The molecule has 0 aliphatic heterocycles. The van der Waals surface area contributed by atoms with E-state index in [2.05, 4.69) is 193 Å². The van der Waals surface area contributed by atoms with Crippen molar-refractivity contribution in [2.75, 3.05) is 4.90 Å². The highest BCUT2D eigenvalue weighted by molar-refractivity contribution is 6.05. The van der Waals surface area contributed by atoms with Crippen LogP contribution in [0, 0.1) is 0 Å². The summed E-state index contributed by atoms with van der Waals surface area (Å²) in [6, 6.07) is 60.7. The number of hydrogen-bond acceptors (Lipinski definition) is 1. The quantitative estimate of drug-likeness (QED) is 0.192. The number of anilines is 3. The molecule has 0 bridgehead atoms. The molecule has 2 heteroatoms. The van der Waals surface area contributed by atoms with Gasteiger partial charge in [-0.1, -0.05) is 121 Å². The predicted molar refractivity (Wildman–Crippen MR) is 199 cm³/mol. The van der Waals surface area contributed by atoms with E-state index < -0.39 is 5.41 Å². The number of rotatable bonds is 4. The number of para-hydroxylation sites is 1. The van der Waals surface area contributed by atoms with Crippen LogP contribution in [0.15, 0.2) is 176 Å². The number of nitrogens with zero attached hydrogens (tertiary/aromatic N) is 2. The molecule has 0 atom stereocenters. The summed E-state index contributed by atoms with van der Waals surface area (Å²) in [6.07, 6.45) is 4.26. The summed E-state index contributed by atoms with van der Waals surface area (Å²) in [7, 11) is 2.07. The molecule has 0 fully saturated rings. The van der Waals surface area contributed by atoms with Crippen LogP contribution in [0.2, 0.25) is 0 Å². The molecule has 0 radical (unpaired) electrons. The van der Waals surface area contributed by atoms with Crippen molar-refractivity contribution in [2.45, 2.75) is 5.41 Å². The lowest BCUT2D eigenvalue weighted by atomic mass is 9.69. The predicted octanol–water partition coefficient (Wildman–Crippen LogP) is 11.7. The third-order valence-corrected chi connectivity index (χ3v) is 10.5. The van der Waals surface area contributed by atoms with Crippen molar-refractivity contribution in [2.24, 2.45) is 7.05 Å². The van der Waals surface area contributed by atoms with Crippen molar-refractivity contribution in [3.8, 4) is 33.4 Å². The number of aromatic nitrogens is 1. The second-order valence-corrected chi connectivity index (χ2v) is 13.1. The first-order valence-corrected chi connectivity index (χ1v) is 16.7. The first kappa shape index (κ1) is 27.0. The Balaban J connectivity index is 1.24. The monoisotopic (exact) mass is 612 g/mol. The van der Waals surface area contributed by atoms with Gasteiger partial charge in [-0.05, 0) is 109 Å². The standard InChI is InChI=1S/C46H32N2/c1-47-28-27-33(30-47)31-19-23-35(24-20-31)48(34-11-3-2-4-12-34)36-25-21-32-22-26-40-39-15-7-10-18-44(39)46(45(40)41(32)29-36)42-16-8-5-13-37(42)38-14-6-9-17-43(38)46/h2-30H,1H3. The van der Waals surface area contributed by atoms with Crippen LogP contribution in [0.3, 0.4) is 0 Å². The van der Waals surface area contributed by atoms with E-state index in [0.717, 1.165) is 17.1 Å². The Hall–Kier alpha value is -6.12. The molecule has 0 saturated carbocycles. The average Bonchev–Trinajstić information content (AvgIpc) is 3.81. The molecule has 2 aliphatic carbocycles. The largest absolute Gasteiger partial charge is 0.357 e. The molecule has 8 aromatic rings. The van der Waals surface area contributed by atoms with Gasteiger partial charge in [0, 0.05) is 36.5 Å². The van der Waals surface area contributed by atoms with Crippen LogP contribution in [0.5, 0.6) is 0 Å². The maximum Gasteiger partial charge on any atom is 0.0731 e. The van der Waals surface area contributed by atoms with E-state index in [1.165, 1.54) is 66.4 Å². The summed E-state index contributed by atoms with van der Waals surface area (Å²) in [4.78, 5) is 2.39. The highest BCUT2D eigenvalue weighted by atomic mass is 15.1. The molecule has 2 aliphatic rings. The minimum Gasteiger partial charge on any atom is -0.357 e. The molecule has 2 nitrogen and oxygen atoms in total. The fraction of sp³-hybridized carbons (Fsp3) is 0.0435. The van der Waals surface area contributed by atoms with Crippen LogP contribution >= 0.6 is 0 Å². The Labute approximate surface area is 280 Å². The van der Waals surface area contributed by atoms with E-state index >= 15 is 0 Å². The van der Waals surface area contributed by atoms with E-state index in [9.17, 15) is 0 Å².